The van der Waals surface area contributed by atoms with E-state index in [0.29, 0.717) is 24.1 Å². The Morgan fingerprint density at radius 1 is 1.22 bits per heavy atom. The van der Waals surface area contributed by atoms with Crippen molar-refractivity contribution in [3.8, 4) is 5.75 Å². The zero-order valence-electron chi connectivity index (χ0n) is 12.2. The summed E-state index contributed by atoms with van der Waals surface area (Å²) in [4.78, 5) is 23.5. The van der Waals surface area contributed by atoms with Crippen LogP contribution in [0.25, 0.3) is 0 Å². The number of amides is 2. The summed E-state index contributed by atoms with van der Waals surface area (Å²) >= 11 is 3.26. The maximum Gasteiger partial charge on any atom is 0.228 e. The Labute approximate surface area is 141 Å². The minimum atomic E-state index is -0.206. The number of hydrogen-bond donors (Lipinski definition) is 3. The highest BCUT2D eigenvalue weighted by atomic mass is 79.9. The second kappa shape index (κ2) is 6.42. The molecule has 3 rings (SSSR count). The molecule has 0 radical (unpaired) electrons. The fourth-order valence-corrected chi connectivity index (χ4v) is 2.87. The molecule has 6 heteroatoms. The highest BCUT2D eigenvalue weighted by Crippen LogP contribution is 2.26. The first-order valence-corrected chi connectivity index (χ1v) is 8.00. The average Bonchev–Trinajstić information content (AvgIpc) is 2.50. The van der Waals surface area contributed by atoms with E-state index in [4.69, 9.17) is 0 Å². The molecule has 3 N–H and O–H groups in total. The molecular weight excluding hydrogens is 360 g/mol. The van der Waals surface area contributed by atoms with Crippen molar-refractivity contribution in [2.75, 3.05) is 10.6 Å². The van der Waals surface area contributed by atoms with E-state index in [1.54, 1.807) is 30.3 Å². The average molecular weight is 375 g/mol. The molecule has 0 unspecified atom stereocenters. The van der Waals surface area contributed by atoms with E-state index in [1.807, 2.05) is 6.07 Å². The lowest BCUT2D eigenvalue weighted by atomic mass is 10.0. The Balaban J connectivity index is 1.69. The summed E-state index contributed by atoms with van der Waals surface area (Å²) in [7, 11) is 0. The molecule has 2 amide bonds. The Morgan fingerprint density at radius 3 is 2.83 bits per heavy atom. The van der Waals surface area contributed by atoms with Crippen molar-refractivity contribution < 1.29 is 14.7 Å². The number of aryl methyl sites for hydroxylation is 1. The summed E-state index contributed by atoms with van der Waals surface area (Å²) in [5, 5.41) is 15.5. The van der Waals surface area contributed by atoms with Crippen molar-refractivity contribution in [2.45, 2.75) is 19.3 Å². The molecule has 0 fully saturated rings. The number of halogens is 1. The predicted molar refractivity (Wildman–Crippen MR) is 91.5 cm³/mol. The molecular formula is C17H15BrN2O3. The van der Waals surface area contributed by atoms with Gasteiger partial charge in [-0.2, -0.15) is 0 Å². The van der Waals surface area contributed by atoms with Crippen LogP contribution >= 0.6 is 15.9 Å². The number of phenols is 1. The normalized spacial score (nSPS) is 13.2. The number of anilines is 2. The van der Waals surface area contributed by atoms with Gasteiger partial charge in [-0.25, -0.2) is 0 Å². The molecule has 5 nitrogen and oxygen atoms in total. The van der Waals surface area contributed by atoms with Gasteiger partial charge >= 0.3 is 0 Å². The number of carbonyl (C=O) groups is 2. The first kappa shape index (κ1) is 15.6. The van der Waals surface area contributed by atoms with Crippen LogP contribution in [-0.4, -0.2) is 16.9 Å². The highest BCUT2D eigenvalue weighted by molar-refractivity contribution is 9.10. The second-order valence-electron chi connectivity index (χ2n) is 5.42. The Hall–Kier alpha value is -2.34. The van der Waals surface area contributed by atoms with Crippen molar-refractivity contribution in [3.05, 3.63) is 52.0 Å². The molecule has 0 saturated heterocycles. The zero-order valence-corrected chi connectivity index (χ0v) is 13.8. The van der Waals surface area contributed by atoms with Crippen LogP contribution in [0.5, 0.6) is 5.75 Å². The van der Waals surface area contributed by atoms with E-state index in [2.05, 4.69) is 26.6 Å². The molecule has 0 aliphatic carbocycles. The zero-order chi connectivity index (χ0) is 16.4. The summed E-state index contributed by atoms with van der Waals surface area (Å²) in [6, 6.07) is 10.5. The van der Waals surface area contributed by atoms with Crippen LogP contribution in [0.2, 0.25) is 0 Å². The number of carbonyl (C=O) groups excluding carboxylic acids is 2. The molecule has 0 saturated carbocycles. The van der Waals surface area contributed by atoms with Gasteiger partial charge in [0.1, 0.15) is 5.75 Å². The molecule has 0 aromatic heterocycles. The summed E-state index contributed by atoms with van der Waals surface area (Å²) in [6.07, 6.45) is 1.21. The van der Waals surface area contributed by atoms with Crippen LogP contribution in [-0.2, 0) is 22.4 Å². The third kappa shape index (κ3) is 3.71. The lowest BCUT2D eigenvalue weighted by molar-refractivity contribution is -0.117. The minimum Gasteiger partial charge on any atom is -0.508 e. The first-order valence-electron chi connectivity index (χ1n) is 7.21. The smallest absolute Gasteiger partial charge is 0.228 e. The van der Waals surface area contributed by atoms with E-state index in [1.165, 1.54) is 0 Å². The molecule has 0 atom stereocenters. The molecule has 118 valence electrons. The van der Waals surface area contributed by atoms with Gasteiger partial charge in [0.15, 0.2) is 0 Å². The van der Waals surface area contributed by atoms with Gasteiger partial charge in [0.25, 0.3) is 0 Å². The number of benzene rings is 2. The summed E-state index contributed by atoms with van der Waals surface area (Å²) in [6.45, 7) is 0. The van der Waals surface area contributed by atoms with Gasteiger partial charge in [-0.05, 0) is 42.3 Å². The molecule has 2 aromatic rings. The van der Waals surface area contributed by atoms with Gasteiger partial charge in [0, 0.05) is 27.8 Å². The van der Waals surface area contributed by atoms with Gasteiger partial charge in [0.2, 0.25) is 11.8 Å². The van der Waals surface area contributed by atoms with E-state index < -0.39 is 0 Å². The highest BCUT2D eigenvalue weighted by Gasteiger charge is 2.15. The standard InChI is InChI=1S/C17H15BrN2O3/c18-12-3-1-11(15(21)9-12)8-17(23)19-13-4-5-14-10(7-13)2-6-16(22)20-14/h1,3-5,7,9,21H,2,6,8H2,(H,19,23)(H,20,22). The van der Waals surface area contributed by atoms with Crippen molar-refractivity contribution in [3.63, 3.8) is 0 Å². The van der Waals surface area contributed by atoms with Gasteiger partial charge in [-0.3, -0.25) is 9.59 Å². The van der Waals surface area contributed by atoms with Crippen LogP contribution < -0.4 is 10.6 Å². The molecule has 1 heterocycles. The number of rotatable bonds is 3. The monoisotopic (exact) mass is 374 g/mol. The Bertz CT molecular complexity index is 789. The lowest BCUT2D eigenvalue weighted by Gasteiger charge is -2.17. The second-order valence-corrected chi connectivity index (χ2v) is 6.33. The molecule has 1 aliphatic rings. The maximum atomic E-state index is 12.1. The van der Waals surface area contributed by atoms with Gasteiger partial charge in [-0.1, -0.05) is 22.0 Å². The van der Waals surface area contributed by atoms with E-state index >= 15 is 0 Å². The fraction of sp³-hybridized carbons (Fsp3) is 0.176. The maximum absolute atomic E-state index is 12.1. The fourth-order valence-electron chi connectivity index (χ4n) is 2.53. The third-order valence-electron chi connectivity index (χ3n) is 3.68. The predicted octanol–water partition coefficient (Wildman–Crippen LogP) is 3.22. The van der Waals surface area contributed by atoms with E-state index in [-0.39, 0.29) is 24.0 Å². The largest absolute Gasteiger partial charge is 0.508 e. The van der Waals surface area contributed by atoms with Crippen LogP contribution in [0, 0.1) is 0 Å². The number of aromatic hydroxyl groups is 1. The van der Waals surface area contributed by atoms with Crippen molar-refractivity contribution in [2.24, 2.45) is 0 Å². The van der Waals surface area contributed by atoms with Crippen LogP contribution in [0.15, 0.2) is 40.9 Å². The SMILES string of the molecule is O=C(Cc1ccc(Br)cc1O)Nc1ccc2c(c1)CCC(=O)N2. The molecule has 1 aliphatic heterocycles. The Kier molecular flexibility index (Phi) is 4.34. The van der Waals surface area contributed by atoms with Crippen molar-refractivity contribution in [1.29, 1.82) is 0 Å². The number of hydrogen-bond acceptors (Lipinski definition) is 3. The first-order chi connectivity index (χ1) is 11.0. The third-order valence-corrected chi connectivity index (χ3v) is 4.18. The number of phenolic OH excluding ortho intramolecular Hbond substituents is 1. The van der Waals surface area contributed by atoms with Crippen LogP contribution in [0.4, 0.5) is 11.4 Å². The lowest BCUT2D eigenvalue weighted by Crippen LogP contribution is -2.19. The molecule has 0 bridgehead atoms. The molecule has 2 aromatic carbocycles. The van der Waals surface area contributed by atoms with Crippen molar-refractivity contribution >= 4 is 39.1 Å². The minimum absolute atomic E-state index is 0.0139. The van der Waals surface area contributed by atoms with Gasteiger partial charge < -0.3 is 15.7 Å². The topological polar surface area (TPSA) is 78.4 Å². The number of nitrogens with one attached hydrogen (secondary N) is 2. The summed E-state index contributed by atoms with van der Waals surface area (Å²) in [5.74, 6) is -0.106. The quantitative estimate of drug-likeness (QED) is 0.771. The van der Waals surface area contributed by atoms with Crippen molar-refractivity contribution in [1.82, 2.24) is 0 Å². The molecule has 23 heavy (non-hydrogen) atoms. The number of fused-ring (bicyclic) bond motifs is 1. The summed E-state index contributed by atoms with van der Waals surface area (Å²) < 4.78 is 0.760. The van der Waals surface area contributed by atoms with Crippen LogP contribution in [0.1, 0.15) is 17.5 Å². The molecule has 0 spiro atoms. The summed E-state index contributed by atoms with van der Waals surface area (Å²) in [5.41, 5.74) is 3.05. The van der Waals surface area contributed by atoms with E-state index in [9.17, 15) is 14.7 Å². The van der Waals surface area contributed by atoms with Crippen LogP contribution in [0.3, 0.4) is 0 Å². The Morgan fingerprint density at radius 2 is 2.04 bits per heavy atom. The van der Waals surface area contributed by atoms with E-state index in [0.717, 1.165) is 15.7 Å². The van der Waals surface area contributed by atoms with Gasteiger partial charge in [-0.15, -0.1) is 0 Å². The van der Waals surface area contributed by atoms with Gasteiger partial charge in [0.05, 0.1) is 6.42 Å².